The monoisotopic (exact) mass is 406 g/mol. The van der Waals surface area contributed by atoms with E-state index in [2.05, 4.69) is 20.8 Å². The molecule has 0 spiro atoms. The Kier molecular flexibility index (Phi) is 5.83. The molecule has 6 unspecified atom stereocenters. The number of fused-ring (bicyclic) bond motifs is 5. The minimum atomic E-state index is -0.211. The lowest BCUT2D eigenvalue weighted by Gasteiger charge is -2.62. The molecule has 0 aliphatic heterocycles. The van der Waals surface area contributed by atoms with E-state index in [1.54, 1.807) is 0 Å². The van der Waals surface area contributed by atoms with Crippen molar-refractivity contribution in [2.75, 3.05) is 7.11 Å². The third-order valence-electron chi connectivity index (χ3n) is 10.4. The first-order valence-corrected chi connectivity index (χ1v) is 12.1. The van der Waals surface area contributed by atoms with Crippen molar-refractivity contribution in [2.45, 2.75) is 97.2 Å². The fourth-order valence-corrected chi connectivity index (χ4v) is 8.82. The molecule has 0 aromatic carbocycles. The summed E-state index contributed by atoms with van der Waals surface area (Å²) in [5.41, 5.74) is 0.577. The van der Waals surface area contributed by atoms with Crippen molar-refractivity contribution in [3.8, 4) is 0 Å². The molecule has 2 N–H and O–H groups in total. The second-order valence-corrected chi connectivity index (χ2v) is 11.5. The summed E-state index contributed by atoms with van der Waals surface area (Å²) in [6.45, 7) is 7.29. The number of methoxy groups -OCH3 is 1. The fraction of sp³-hybridized carbons (Fsp3) is 0.960. The molecule has 4 rings (SSSR count). The SMILES string of the molecule is COC(=O)CCC(C)C1CC[C@H]2[C@@H]3C(CCC12C)C1(C)CCC(O)C[C@@H]1C[C@@H]3O. The summed E-state index contributed by atoms with van der Waals surface area (Å²) in [5, 5.41) is 21.5. The Hall–Kier alpha value is -0.610. The lowest BCUT2D eigenvalue weighted by Crippen LogP contribution is -2.58. The average Bonchev–Trinajstić information content (AvgIpc) is 3.04. The van der Waals surface area contributed by atoms with E-state index >= 15 is 0 Å². The van der Waals surface area contributed by atoms with Gasteiger partial charge in [-0.05, 0) is 104 Å². The highest BCUT2D eigenvalue weighted by Gasteiger charge is 2.62. The molecule has 0 amide bonds. The molecule has 4 fully saturated rings. The van der Waals surface area contributed by atoms with Crippen LogP contribution >= 0.6 is 0 Å². The van der Waals surface area contributed by atoms with E-state index in [0.29, 0.717) is 47.3 Å². The minimum absolute atomic E-state index is 0.0959. The highest BCUT2D eigenvalue weighted by molar-refractivity contribution is 5.69. The quantitative estimate of drug-likeness (QED) is 0.671. The summed E-state index contributed by atoms with van der Waals surface area (Å²) in [7, 11) is 1.48. The van der Waals surface area contributed by atoms with E-state index in [0.717, 1.165) is 32.1 Å². The van der Waals surface area contributed by atoms with Crippen LogP contribution in [-0.2, 0) is 9.53 Å². The van der Waals surface area contributed by atoms with Gasteiger partial charge in [0.2, 0.25) is 0 Å². The van der Waals surface area contributed by atoms with Crippen LogP contribution in [0.1, 0.15) is 85.0 Å². The van der Waals surface area contributed by atoms with Crippen LogP contribution in [0.5, 0.6) is 0 Å². The largest absolute Gasteiger partial charge is 0.469 e. The molecule has 0 radical (unpaired) electrons. The van der Waals surface area contributed by atoms with Gasteiger partial charge >= 0.3 is 5.97 Å². The molecule has 4 saturated carbocycles. The van der Waals surface area contributed by atoms with Gasteiger partial charge in [0.1, 0.15) is 0 Å². The van der Waals surface area contributed by atoms with E-state index in [-0.39, 0.29) is 23.6 Å². The van der Waals surface area contributed by atoms with Gasteiger partial charge in [-0.15, -0.1) is 0 Å². The van der Waals surface area contributed by atoms with Crippen molar-refractivity contribution < 1.29 is 19.7 Å². The van der Waals surface area contributed by atoms with E-state index in [1.165, 1.54) is 32.8 Å². The number of ether oxygens (including phenoxy) is 1. The maximum Gasteiger partial charge on any atom is 0.305 e. The van der Waals surface area contributed by atoms with Gasteiger partial charge in [-0.3, -0.25) is 4.79 Å². The number of esters is 1. The van der Waals surface area contributed by atoms with Crippen molar-refractivity contribution in [1.82, 2.24) is 0 Å². The maximum atomic E-state index is 11.6. The standard InChI is InChI=1S/C25H42O4/c1-15(5-8-22(28)29-4)18-6-7-19-23-20(10-12-25(18,19)3)24(2)11-9-17(26)13-16(24)14-21(23)27/h15-21,23,26-27H,5-14H2,1-4H3/t15?,16-,17?,18?,19+,20?,21+,23-,24?,25?/m1/s1. The molecular weight excluding hydrogens is 364 g/mol. The van der Waals surface area contributed by atoms with Crippen LogP contribution in [0.25, 0.3) is 0 Å². The molecule has 4 aliphatic carbocycles. The summed E-state index contributed by atoms with van der Waals surface area (Å²) in [6.07, 6.45) is 9.80. The molecule has 0 bridgehead atoms. The fourth-order valence-electron chi connectivity index (χ4n) is 8.82. The highest BCUT2D eigenvalue weighted by Crippen LogP contribution is 2.68. The van der Waals surface area contributed by atoms with Crippen LogP contribution in [0.4, 0.5) is 0 Å². The van der Waals surface area contributed by atoms with E-state index in [1.807, 2.05) is 0 Å². The van der Waals surface area contributed by atoms with Crippen LogP contribution in [-0.4, -0.2) is 35.5 Å². The lowest BCUT2D eigenvalue weighted by molar-refractivity contribution is -0.174. The van der Waals surface area contributed by atoms with Gasteiger partial charge in [0.05, 0.1) is 19.3 Å². The molecule has 0 heterocycles. The molecule has 4 heteroatoms. The summed E-state index contributed by atoms with van der Waals surface area (Å²) < 4.78 is 4.86. The average molecular weight is 407 g/mol. The first-order valence-electron chi connectivity index (χ1n) is 12.1. The van der Waals surface area contributed by atoms with E-state index in [4.69, 9.17) is 4.74 Å². The van der Waals surface area contributed by atoms with Crippen molar-refractivity contribution in [1.29, 1.82) is 0 Å². The van der Waals surface area contributed by atoms with Gasteiger partial charge in [0.25, 0.3) is 0 Å². The predicted molar refractivity (Wildman–Crippen MR) is 113 cm³/mol. The van der Waals surface area contributed by atoms with Crippen LogP contribution in [0.3, 0.4) is 0 Å². The smallest absolute Gasteiger partial charge is 0.305 e. The second-order valence-electron chi connectivity index (χ2n) is 11.5. The number of hydrogen-bond acceptors (Lipinski definition) is 4. The Morgan fingerprint density at radius 2 is 1.72 bits per heavy atom. The van der Waals surface area contributed by atoms with E-state index in [9.17, 15) is 15.0 Å². The molecule has 0 aromatic heterocycles. The molecular formula is C25H42O4. The number of hydrogen-bond donors (Lipinski definition) is 2. The first-order chi connectivity index (χ1) is 13.7. The van der Waals surface area contributed by atoms with Gasteiger partial charge in [0, 0.05) is 6.42 Å². The van der Waals surface area contributed by atoms with Gasteiger partial charge in [-0.25, -0.2) is 0 Å². The molecule has 4 nitrogen and oxygen atoms in total. The zero-order chi connectivity index (χ0) is 21.0. The van der Waals surface area contributed by atoms with Crippen molar-refractivity contribution in [2.24, 2.45) is 46.3 Å². The predicted octanol–water partition coefficient (Wildman–Crippen LogP) is 4.57. The van der Waals surface area contributed by atoms with Crippen LogP contribution < -0.4 is 0 Å². The Labute approximate surface area is 176 Å². The van der Waals surface area contributed by atoms with Crippen LogP contribution in [0, 0.1) is 46.3 Å². The number of aliphatic hydroxyl groups is 2. The van der Waals surface area contributed by atoms with Gasteiger partial charge in [-0.1, -0.05) is 20.8 Å². The lowest BCUT2D eigenvalue weighted by atomic mass is 9.43. The zero-order valence-corrected chi connectivity index (χ0v) is 18.9. The molecule has 10 atom stereocenters. The third kappa shape index (κ3) is 3.46. The third-order valence-corrected chi connectivity index (χ3v) is 10.4. The van der Waals surface area contributed by atoms with Gasteiger partial charge in [-0.2, -0.15) is 0 Å². The summed E-state index contributed by atoms with van der Waals surface area (Å²) in [5.74, 6) is 3.17. The van der Waals surface area contributed by atoms with Crippen molar-refractivity contribution >= 4 is 5.97 Å². The molecule has 4 aliphatic rings. The van der Waals surface area contributed by atoms with Crippen LogP contribution in [0.15, 0.2) is 0 Å². The second kappa shape index (κ2) is 7.82. The van der Waals surface area contributed by atoms with Crippen LogP contribution in [0.2, 0.25) is 0 Å². The summed E-state index contributed by atoms with van der Waals surface area (Å²) >= 11 is 0. The Morgan fingerprint density at radius 3 is 2.45 bits per heavy atom. The molecule has 166 valence electrons. The maximum absolute atomic E-state index is 11.6. The van der Waals surface area contributed by atoms with Crippen molar-refractivity contribution in [3.63, 3.8) is 0 Å². The molecule has 29 heavy (non-hydrogen) atoms. The van der Waals surface area contributed by atoms with E-state index < -0.39 is 0 Å². The topological polar surface area (TPSA) is 66.8 Å². The summed E-state index contributed by atoms with van der Waals surface area (Å²) in [6, 6.07) is 0. The Morgan fingerprint density at radius 1 is 1.03 bits per heavy atom. The zero-order valence-electron chi connectivity index (χ0n) is 18.9. The first kappa shape index (κ1) is 21.6. The molecule has 0 aromatic rings. The number of carbonyl (C=O) groups excluding carboxylic acids is 1. The van der Waals surface area contributed by atoms with Gasteiger partial charge < -0.3 is 14.9 Å². The Balaban J connectivity index is 1.53. The molecule has 0 saturated heterocycles. The minimum Gasteiger partial charge on any atom is -0.469 e. The summed E-state index contributed by atoms with van der Waals surface area (Å²) in [4.78, 5) is 11.6. The number of aliphatic hydroxyl groups excluding tert-OH is 2. The Bertz CT molecular complexity index is 620. The number of carbonyl (C=O) groups is 1. The highest BCUT2D eigenvalue weighted by atomic mass is 16.5. The normalized spacial score (nSPS) is 50.2. The van der Waals surface area contributed by atoms with Gasteiger partial charge in [0.15, 0.2) is 0 Å². The number of rotatable bonds is 4. The van der Waals surface area contributed by atoms with Crippen molar-refractivity contribution in [3.05, 3.63) is 0 Å².